The fraction of sp³-hybridized carbons (Fsp3) is 0.706. The summed E-state index contributed by atoms with van der Waals surface area (Å²) in [6.45, 7) is 7.87. The number of nitrogens with one attached hydrogen (secondary N) is 2. The molecule has 2 N–H and O–H groups in total. The first-order valence-electron chi connectivity index (χ1n) is 8.16. The van der Waals surface area contributed by atoms with E-state index in [2.05, 4.69) is 35.1 Å². The van der Waals surface area contributed by atoms with Crippen molar-refractivity contribution in [1.82, 2.24) is 10.6 Å². The number of rotatable bonds is 5. The van der Waals surface area contributed by atoms with Crippen molar-refractivity contribution in [1.29, 1.82) is 0 Å². The lowest BCUT2D eigenvalue weighted by Crippen LogP contribution is -2.39. The van der Waals surface area contributed by atoms with E-state index in [1.807, 2.05) is 20.8 Å². The maximum atomic E-state index is 11.8. The van der Waals surface area contributed by atoms with Crippen LogP contribution in [-0.2, 0) is 4.74 Å². The van der Waals surface area contributed by atoms with E-state index in [9.17, 15) is 4.79 Å². The van der Waals surface area contributed by atoms with Crippen molar-refractivity contribution in [3.05, 3.63) is 22.4 Å². The molecule has 2 rings (SSSR count). The number of hydrogen-bond acceptors (Lipinski definition) is 4. The minimum absolute atomic E-state index is 0.216. The lowest BCUT2D eigenvalue weighted by atomic mass is 10.1. The highest BCUT2D eigenvalue weighted by Crippen LogP contribution is 2.27. The van der Waals surface area contributed by atoms with E-state index in [0.29, 0.717) is 12.1 Å². The summed E-state index contributed by atoms with van der Waals surface area (Å²) in [5.74, 6) is 0. The summed E-state index contributed by atoms with van der Waals surface area (Å²) in [6.07, 6.45) is 3.87. The Balaban J connectivity index is 1.79. The van der Waals surface area contributed by atoms with Gasteiger partial charge in [-0.25, -0.2) is 4.79 Å². The van der Waals surface area contributed by atoms with Crippen LogP contribution in [0.25, 0.3) is 0 Å². The van der Waals surface area contributed by atoms with Crippen LogP contribution in [0.3, 0.4) is 0 Å². The van der Waals surface area contributed by atoms with Gasteiger partial charge < -0.3 is 15.4 Å². The van der Waals surface area contributed by atoms with Gasteiger partial charge in [0.05, 0.1) is 0 Å². The van der Waals surface area contributed by atoms with Gasteiger partial charge in [0, 0.05) is 23.0 Å². The number of hydrogen-bond donors (Lipinski definition) is 2. The summed E-state index contributed by atoms with van der Waals surface area (Å²) < 4.78 is 5.33. The van der Waals surface area contributed by atoms with Gasteiger partial charge in [-0.15, -0.1) is 11.3 Å². The third-order valence-corrected chi connectivity index (χ3v) is 4.87. The number of alkyl carbamates (subject to hydrolysis) is 1. The number of thiophene rings is 1. The van der Waals surface area contributed by atoms with Crippen LogP contribution in [0.5, 0.6) is 0 Å². The van der Waals surface area contributed by atoms with E-state index in [0.717, 1.165) is 25.7 Å². The Bertz CT molecular complexity index is 468. The van der Waals surface area contributed by atoms with Gasteiger partial charge >= 0.3 is 6.09 Å². The maximum absolute atomic E-state index is 11.8. The third-order valence-electron chi connectivity index (χ3n) is 3.89. The Hall–Kier alpha value is -1.07. The zero-order chi connectivity index (χ0) is 16.2. The largest absolute Gasteiger partial charge is 0.444 e. The summed E-state index contributed by atoms with van der Waals surface area (Å²) in [5, 5.41) is 8.86. The molecular weight excluding hydrogens is 296 g/mol. The maximum Gasteiger partial charge on any atom is 0.407 e. The zero-order valence-corrected chi connectivity index (χ0v) is 14.8. The standard InChI is InChI=1S/C17H28N2O2S/c1-5-14(15-7-6-10-22-15)18-12-8-9-13(11-12)19-16(20)21-17(2,3)4/h6-7,10,12-14,18H,5,8-9,11H2,1-4H3,(H,19,20). The fourth-order valence-electron chi connectivity index (χ4n) is 2.91. The van der Waals surface area contributed by atoms with Gasteiger partial charge in [0.1, 0.15) is 5.60 Å². The van der Waals surface area contributed by atoms with Crippen LogP contribution in [0.4, 0.5) is 4.79 Å². The molecule has 1 aromatic rings. The fourth-order valence-corrected chi connectivity index (χ4v) is 3.78. The summed E-state index contributed by atoms with van der Waals surface area (Å²) in [7, 11) is 0. The molecule has 1 aliphatic rings. The Morgan fingerprint density at radius 2 is 2.14 bits per heavy atom. The number of amides is 1. The van der Waals surface area contributed by atoms with Crippen molar-refractivity contribution in [3.8, 4) is 0 Å². The predicted molar refractivity (Wildman–Crippen MR) is 91.3 cm³/mol. The first-order valence-corrected chi connectivity index (χ1v) is 9.04. The highest BCUT2D eigenvalue weighted by atomic mass is 32.1. The first-order chi connectivity index (χ1) is 10.4. The second-order valence-electron chi connectivity index (χ2n) is 7.00. The molecule has 124 valence electrons. The van der Waals surface area contributed by atoms with Gasteiger partial charge in [-0.1, -0.05) is 13.0 Å². The molecule has 0 aromatic carbocycles. The normalized spacial score (nSPS) is 23.3. The zero-order valence-electron chi connectivity index (χ0n) is 14.0. The summed E-state index contributed by atoms with van der Waals surface area (Å²) in [5.41, 5.74) is -0.438. The van der Waals surface area contributed by atoms with Crippen LogP contribution in [0.15, 0.2) is 17.5 Å². The molecule has 1 amide bonds. The summed E-state index contributed by atoms with van der Waals surface area (Å²) in [6, 6.07) is 5.40. The second-order valence-corrected chi connectivity index (χ2v) is 7.98. The van der Waals surface area contributed by atoms with Gasteiger partial charge in [-0.05, 0) is 57.9 Å². The smallest absolute Gasteiger partial charge is 0.407 e. The Kier molecular flexibility index (Phi) is 5.87. The van der Waals surface area contributed by atoms with Crippen molar-refractivity contribution >= 4 is 17.4 Å². The Morgan fingerprint density at radius 3 is 2.73 bits per heavy atom. The van der Waals surface area contributed by atoms with Crippen LogP contribution in [0.2, 0.25) is 0 Å². The average molecular weight is 324 g/mol. The average Bonchev–Trinajstić information content (AvgIpc) is 3.04. The van der Waals surface area contributed by atoms with Crippen LogP contribution >= 0.6 is 11.3 Å². The molecule has 1 fully saturated rings. The lowest BCUT2D eigenvalue weighted by Gasteiger charge is -2.23. The number of carbonyl (C=O) groups excluding carboxylic acids is 1. The molecule has 3 atom stereocenters. The molecule has 0 aliphatic heterocycles. The number of ether oxygens (including phenoxy) is 1. The topological polar surface area (TPSA) is 50.4 Å². The molecule has 5 heteroatoms. The molecule has 0 bridgehead atoms. The van der Waals surface area contributed by atoms with E-state index < -0.39 is 5.60 Å². The third kappa shape index (κ3) is 5.29. The van der Waals surface area contributed by atoms with E-state index in [4.69, 9.17) is 4.74 Å². The van der Waals surface area contributed by atoms with E-state index in [1.54, 1.807) is 11.3 Å². The molecule has 3 unspecified atom stereocenters. The van der Waals surface area contributed by atoms with Gasteiger partial charge in [0.2, 0.25) is 0 Å². The highest BCUT2D eigenvalue weighted by molar-refractivity contribution is 7.10. The minimum Gasteiger partial charge on any atom is -0.444 e. The van der Waals surface area contributed by atoms with Crippen LogP contribution in [0.1, 0.15) is 64.3 Å². The monoisotopic (exact) mass is 324 g/mol. The van der Waals surface area contributed by atoms with Gasteiger partial charge in [0.25, 0.3) is 0 Å². The molecule has 22 heavy (non-hydrogen) atoms. The highest BCUT2D eigenvalue weighted by Gasteiger charge is 2.29. The Labute approximate surface area is 137 Å². The van der Waals surface area contributed by atoms with E-state index in [-0.39, 0.29) is 12.1 Å². The van der Waals surface area contributed by atoms with Gasteiger partial charge in [-0.2, -0.15) is 0 Å². The molecule has 1 saturated carbocycles. The second kappa shape index (κ2) is 7.47. The first kappa shape index (κ1) is 17.3. The Morgan fingerprint density at radius 1 is 1.41 bits per heavy atom. The summed E-state index contributed by atoms with van der Waals surface area (Å²) >= 11 is 1.80. The quantitative estimate of drug-likeness (QED) is 0.852. The van der Waals surface area contributed by atoms with Crippen molar-refractivity contribution in [2.45, 2.75) is 77.1 Å². The van der Waals surface area contributed by atoms with Gasteiger partial charge in [-0.3, -0.25) is 0 Å². The molecule has 1 aromatic heterocycles. The van der Waals surface area contributed by atoms with Crippen molar-refractivity contribution < 1.29 is 9.53 Å². The lowest BCUT2D eigenvalue weighted by molar-refractivity contribution is 0.0505. The van der Waals surface area contributed by atoms with Crippen LogP contribution in [0, 0.1) is 0 Å². The molecule has 0 spiro atoms. The van der Waals surface area contributed by atoms with Crippen molar-refractivity contribution in [2.24, 2.45) is 0 Å². The molecule has 4 nitrogen and oxygen atoms in total. The van der Waals surface area contributed by atoms with E-state index >= 15 is 0 Å². The van der Waals surface area contributed by atoms with Crippen molar-refractivity contribution in [3.63, 3.8) is 0 Å². The number of carbonyl (C=O) groups is 1. The van der Waals surface area contributed by atoms with Crippen LogP contribution in [-0.4, -0.2) is 23.8 Å². The van der Waals surface area contributed by atoms with E-state index in [1.165, 1.54) is 4.88 Å². The van der Waals surface area contributed by atoms with Gasteiger partial charge in [0.15, 0.2) is 0 Å². The molecular formula is C17H28N2O2S. The minimum atomic E-state index is -0.438. The molecule has 0 radical (unpaired) electrons. The van der Waals surface area contributed by atoms with Crippen LogP contribution < -0.4 is 10.6 Å². The molecule has 0 saturated heterocycles. The summed E-state index contributed by atoms with van der Waals surface area (Å²) in [4.78, 5) is 13.2. The molecule has 1 aliphatic carbocycles. The van der Waals surface area contributed by atoms with Crippen molar-refractivity contribution in [2.75, 3.05) is 0 Å². The predicted octanol–water partition coefficient (Wildman–Crippen LogP) is 4.23. The SMILES string of the molecule is CCC(NC1CCC(NC(=O)OC(C)(C)C)C1)c1cccs1. The molecule has 1 heterocycles.